The highest BCUT2D eigenvalue weighted by Gasteiger charge is 2.43. The second kappa shape index (κ2) is 8.94. The summed E-state index contributed by atoms with van der Waals surface area (Å²) in [5.41, 5.74) is 4.16. The van der Waals surface area contributed by atoms with Crippen molar-refractivity contribution in [2.45, 2.75) is 37.8 Å². The first-order chi connectivity index (χ1) is 16.9. The van der Waals surface area contributed by atoms with Crippen molar-refractivity contribution < 1.29 is 19.1 Å². The fourth-order valence-electron chi connectivity index (χ4n) is 5.18. The maximum Gasteiger partial charge on any atom is 0.328 e. The number of fused-ring (bicyclic) bond motifs is 3. The lowest BCUT2D eigenvalue weighted by Gasteiger charge is -2.45. The quantitative estimate of drug-likeness (QED) is 0.431. The highest BCUT2D eigenvalue weighted by Crippen LogP contribution is 2.39. The van der Waals surface area contributed by atoms with Gasteiger partial charge in [0, 0.05) is 36.1 Å². The van der Waals surface area contributed by atoms with E-state index in [-0.39, 0.29) is 12.1 Å². The summed E-state index contributed by atoms with van der Waals surface area (Å²) in [6.07, 6.45) is 3.18. The molecule has 0 aliphatic carbocycles. The molecule has 3 heterocycles. The van der Waals surface area contributed by atoms with Crippen molar-refractivity contribution in [3.8, 4) is 0 Å². The maximum atomic E-state index is 13.1. The molecule has 0 bridgehead atoms. The van der Waals surface area contributed by atoms with Crippen LogP contribution in [0, 0.1) is 6.92 Å². The van der Waals surface area contributed by atoms with Gasteiger partial charge in [-0.05, 0) is 43.0 Å². The number of piperidine rings is 1. The SMILES string of the molecule is COC(=O)C(Cc1cc(C)c2[nH]ncc2c1)NC(=O)N1CCC2(CC1)NC(=O)Nc1ccccc12. The minimum atomic E-state index is -0.827. The fourth-order valence-corrected chi connectivity index (χ4v) is 5.18. The lowest BCUT2D eigenvalue weighted by molar-refractivity contribution is -0.142. The third kappa shape index (κ3) is 4.27. The van der Waals surface area contributed by atoms with Crippen LogP contribution in [0.15, 0.2) is 42.6 Å². The molecule has 1 fully saturated rings. The zero-order valence-corrected chi connectivity index (χ0v) is 19.7. The van der Waals surface area contributed by atoms with Crippen LogP contribution in [0.3, 0.4) is 0 Å². The molecule has 4 N–H and O–H groups in total. The smallest absolute Gasteiger partial charge is 0.328 e. The van der Waals surface area contributed by atoms with Crippen LogP contribution in [0.1, 0.15) is 29.5 Å². The molecule has 1 spiro atoms. The highest BCUT2D eigenvalue weighted by atomic mass is 16.5. The van der Waals surface area contributed by atoms with Gasteiger partial charge in [0.05, 0.1) is 24.4 Å². The molecule has 182 valence electrons. The van der Waals surface area contributed by atoms with Crippen LogP contribution in [0.5, 0.6) is 0 Å². The minimum Gasteiger partial charge on any atom is -0.467 e. The number of ether oxygens (including phenoxy) is 1. The van der Waals surface area contributed by atoms with E-state index in [1.807, 2.05) is 43.3 Å². The first-order valence-corrected chi connectivity index (χ1v) is 11.6. The van der Waals surface area contributed by atoms with E-state index in [1.54, 1.807) is 11.1 Å². The number of para-hydroxylation sites is 1. The monoisotopic (exact) mass is 476 g/mol. The number of likely N-dealkylation sites (tertiary alicyclic amines) is 1. The van der Waals surface area contributed by atoms with E-state index < -0.39 is 17.6 Å². The largest absolute Gasteiger partial charge is 0.467 e. The molecule has 1 aromatic heterocycles. The van der Waals surface area contributed by atoms with E-state index >= 15 is 0 Å². The van der Waals surface area contributed by atoms with Crippen LogP contribution in [0.2, 0.25) is 0 Å². The van der Waals surface area contributed by atoms with Crippen LogP contribution < -0.4 is 16.0 Å². The molecule has 2 aliphatic heterocycles. The standard InChI is InChI=1S/C25H28N6O4/c1-15-11-16(12-17-14-26-30-21(15)17)13-20(22(32)35-2)28-24(34)31-9-7-25(8-10-31)18-5-3-4-6-19(18)27-23(33)29-25/h3-6,11-12,14,20H,7-10,13H2,1-2H3,(H,26,30)(H,28,34)(H2,27,29,33). The van der Waals surface area contributed by atoms with Crippen molar-refractivity contribution in [1.82, 2.24) is 25.7 Å². The number of benzene rings is 2. The minimum absolute atomic E-state index is 0.239. The van der Waals surface area contributed by atoms with Crippen molar-refractivity contribution in [2.75, 3.05) is 25.5 Å². The highest BCUT2D eigenvalue weighted by molar-refractivity contribution is 5.94. The summed E-state index contributed by atoms with van der Waals surface area (Å²) >= 11 is 0. The predicted octanol–water partition coefficient (Wildman–Crippen LogP) is 2.79. The molecular weight excluding hydrogens is 448 g/mol. The lowest BCUT2D eigenvalue weighted by Crippen LogP contribution is -2.59. The Morgan fingerprint density at radius 1 is 1.23 bits per heavy atom. The average Bonchev–Trinajstić information content (AvgIpc) is 3.33. The van der Waals surface area contributed by atoms with E-state index in [1.165, 1.54) is 7.11 Å². The van der Waals surface area contributed by atoms with E-state index in [4.69, 9.17) is 4.74 Å². The lowest BCUT2D eigenvalue weighted by atomic mass is 9.79. The number of hydrogen-bond acceptors (Lipinski definition) is 5. The number of H-pyrrole nitrogens is 1. The summed E-state index contributed by atoms with van der Waals surface area (Å²) in [7, 11) is 1.31. The molecule has 4 amide bonds. The van der Waals surface area contributed by atoms with E-state index in [2.05, 4.69) is 26.1 Å². The Morgan fingerprint density at radius 2 is 2.00 bits per heavy atom. The molecule has 3 aromatic rings. The number of esters is 1. The van der Waals surface area contributed by atoms with Crippen molar-refractivity contribution in [1.29, 1.82) is 0 Å². The van der Waals surface area contributed by atoms with Crippen LogP contribution in [-0.2, 0) is 21.5 Å². The number of carbonyl (C=O) groups excluding carboxylic acids is 3. The number of amides is 4. The third-order valence-electron chi connectivity index (χ3n) is 6.98. The number of aromatic amines is 1. The Balaban J connectivity index is 1.28. The van der Waals surface area contributed by atoms with Gasteiger partial charge in [-0.2, -0.15) is 5.10 Å². The second-order valence-corrected chi connectivity index (χ2v) is 9.17. The summed E-state index contributed by atoms with van der Waals surface area (Å²) in [4.78, 5) is 39.6. The molecular formula is C25H28N6O4. The molecule has 2 aliphatic rings. The summed E-state index contributed by atoms with van der Waals surface area (Å²) in [5.74, 6) is -0.503. The molecule has 10 nitrogen and oxygen atoms in total. The first-order valence-electron chi connectivity index (χ1n) is 11.6. The zero-order valence-electron chi connectivity index (χ0n) is 19.7. The van der Waals surface area contributed by atoms with E-state index in [9.17, 15) is 14.4 Å². The third-order valence-corrected chi connectivity index (χ3v) is 6.98. The Labute approximate surface area is 202 Å². The van der Waals surface area contributed by atoms with Gasteiger partial charge in [-0.1, -0.05) is 24.3 Å². The van der Waals surface area contributed by atoms with E-state index in [0.29, 0.717) is 32.4 Å². The summed E-state index contributed by atoms with van der Waals surface area (Å²) in [6.45, 7) is 2.85. The maximum absolute atomic E-state index is 13.1. The fraction of sp³-hybridized carbons (Fsp3) is 0.360. The van der Waals surface area contributed by atoms with Crippen LogP contribution >= 0.6 is 0 Å². The molecule has 10 heteroatoms. The summed E-state index contributed by atoms with van der Waals surface area (Å²) < 4.78 is 4.97. The predicted molar refractivity (Wildman–Crippen MR) is 130 cm³/mol. The van der Waals surface area contributed by atoms with E-state index in [0.717, 1.165) is 33.3 Å². The Morgan fingerprint density at radius 3 is 2.77 bits per heavy atom. The molecule has 0 saturated carbocycles. The number of nitrogens with zero attached hydrogens (tertiary/aromatic N) is 2. The van der Waals surface area contributed by atoms with Crippen molar-refractivity contribution in [3.05, 3.63) is 59.3 Å². The number of carbonyl (C=O) groups is 3. The van der Waals surface area contributed by atoms with Crippen LogP contribution in [0.4, 0.5) is 15.3 Å². The summed E-state index contributed by atoms with van der Waals surface area (Å²) in [5, 5.41) is 16.8. The van der Waals surface area contributed by atoms with Gasteiger partial charge < -0.3 is 25.6 Å². The molecule has 35 heavy (non-hydrogen) atoms. The van der Waals surface area contributed by atoms with Gasteiger partial charge in [0.2, 0.25) is 0 Å². The molecule has 0 radical (unpaired) electrons. The normalized spacial score (nSPS) is 17.3. The van der Waals surface area contributed by atoms with Crippen LogP contribution in [-0.4, -0.2) is 59.4 Å². The molecule has 1 unspecified atom stereocenters. The van der Waals surface area contributed by atoms with Gasteiger partial charge in [0.1, 0.15) is 6.04 Å². The van der Waals surface area contributed by atoms with Crippen molar-refractivity contribution in [2.24, 2.45) is 0 Å². The number of aryl methyl sites for hydroxylation is 1. The van der Waals surface area contributed by atoms with Crippen molar-refractivity contribution >= 4 is 34.6 Å². The summed E-state index contributed by atoms with van der Waals surface area (Å²) in [6, 6.07) is 10.3. The number of nitrogens with one attached hydrogen (secondary N) is 4. The van der Waals surface area contributed by atoms with Gasteiger partial charge in [-0.25, -0.2) is 14.4 Å². The van der Waals surface area contributed by atoms with Gasteiger partial charge in [-0.15, -0.1) is 0 Å². The number of hydrogen-bond donors (Lipinski definition) is 4. The topological polar surface area (TPSA) is 128 Å². The van der Waals surface area contributed by atoms with Crippen molar-refractivity contribution in [3.63, 3.8) is 0 Å². The number of aromatic nitrogens is 2. The first kappa shape index (κ1) is 22.7. The van der Waals surface area contributed by atoms with Gasteiger partial charge >= 0.3 is 18.0 Å². The second-order valence-electron chi connectivity index (χ2n) is 9.17. The Kier molecular flexibility index (Phi) is 5.80. The molecule has 5 rings (SSSR count). The zero-order chi connectivity index (χ0) is 24.6. The van der Waals surface area contributed by atoms with Crippen LogP contribution in [0.25, 0.3) is 10.9 Å². The Hall–Kier alpha value is -4.08. The number of methoxy groups -OCH3 is 1. The molecule has 2 aromatic carbocycles. The number of urea groups is 2. The van der Waals surface area contributed by atoms with Gasteiger partial charge in [0.15, 0.2) is 0 Å². The average molecular weight is 477 g/mol. The van der Waals surface area contributed by atoms with Gasteiger partial charge in [-0.3, -0.25) is 5.10 Å². The number of rotatable bonds is 4. The molecule has 1 saturated heterocycles. The van der Waals surface area contributed by atoms with Gasteiger partial charge in [0.25, 0.3) is 0 Å². The molecule has 1 atom stereocenters. The Bertz CT molecular complexity index is 1290. The number of anilines is 1.